The molecule has 0 radical (unpaired) electrons. The average molecular weight is 431 g/mol. The number of nitrogens with zero attached hydrogens (tertiary/aromatic N) is 1. The lowest BCUT2D eigenvalue weighted by Crippen LogP contribution is -2.34. The number of hydrogen-bond donors (Lipinski definition) is 2. The number of anilines is 3. The van der Waals surface area contributed by atoms with E-state index < -0.39 is 29.5 Å². The van der Waals surface area contributed by atoms with Gasteiger partial charge < -0.3 is 15.1 Å². The second-order valence-electron chi connectivity index (χ2n) is 7.61. The van der Waals surface area contributed by atoms with Crippen molar-refractivity contribution in [3.63, 3.8) is 0 Å². The predicted octanol–water partition coefficient (Wildman–Crippen LogP) is 3.67. The van der Waals surface area contributed by atoms with Crippen molar-refractivity contribution in [1.82, 2.24) is 0 Å². The Morgan fingerprint density at radius 2 is 1.66 bits per heavy atom. The smallest absolute Gasteiger partial charge is 0.291 e. The standard InChI is InChI=1S/C24H21N3O5/c1-14-5-6-15(2)19(12-14)27-21(28)13-18(24(27)31)22(29)25-16-7-9-17(10-8-16)26-23(30)20-4-3-11-32-20/h3-12,18H,13H2,1-2H3,(H,25,29)(H,26,30). The van der Waals surface area contributed by atoms with Gasteiger partial charge in [-0.1, -0.05) is 12.1 Å². The van der Waals surface area contributed by atoms with Crippen LogP contribution < -0.4 is 15.5 Å². The second kappa shape index (κ2) is 8.50. The van der Waals surface area contributed by atoms with Crippen LogP contribution in [0.15, 0.2) is 65.3 Å². The first-order valence-electron chi connectivity index (χ1n) is 10.0. The molecule has 4 amide bonds. The zero-order valence-electron chi connectivity index (χ0n) is 17.5. The Kier molecular flexibility index (Phi) is 5.59. The summed E-state index contributed by atoms with van der Waals surface area (Å²) in [4.78, 5) is 51.3. The van der Waals surface area contributed by atoms with E-state index in [0.29, 0.717) is 17.1 Å². The Labute approximate surface area is 184 Å². The Balaban J connectivity index is 1.42. The summed E-state index contributed by atoms with van der Waals surface area (Å²) in [5, 5.41) is 5.35. The summed E-state index contributed by atoms with van der Waals surface area (Å²) in [6, 6.07) is 15.1. The highest BCUT2D eigenvalue weighted by Gasteiger charge is 2.44. The molecule has 4 rings (SSSR count). The first-order valence-corrected chi connectivity index (χ1v) is 10.0. The molecule has 2 aromatic carbocycles. The zero-order valence-corrected chi connectivity index (χ0v) is 17.5. The molecule has 32 heavy (non-hydrogen) atoms. The fourth-order valence-electron chi connectivity index (χ4n) is 3.52. The van der Waals surface area contributed by atoms with E-state index in [9.17, 15) is 19.2 Å². The van der Waals surface area contributed by atoms with Crippen molar-refractivity contribution in [2.24, 2.45) is 5.92 Å². The van der Waals surface area contributed by atoms with Crippen LogP contribution in [0.5, 0.6) is 0 Å². The molecule has 1 saturated heterocycles. The van der Waals surface area contributed by atoms with Crippen LogP contribution in [-0.2, 0) is 14.4 Å². The Hall–Kier alpha value is -4.20. The van der Waals surface area contributed by atoms with Gasteiger partial charge in [0.25, 0.3) is 5.91 Å². The van der Waals surface area contributed by atoms with Gasteiger partial charge in [0.1, 0.15) is 5.92 Å². The molecule has 1 atom stereocenters. The van der Waals surface area contributed by atoms with Gasteiger partial charge in [-0.3, -0.25) is 19.2 Å². The lowest BCUT2D eigenvalue weighted by molar-refractivity contribution is -0.129. The molecule has 8 heteroatoms. The van der Waals surface area contributed by atoms with Crippen molar-refractivity contribution in [2.75, 3.05) is 15.5 Å². The largest absolute Gasteiger partial charge is 0.459 e. The van der Waals surface area contributed by atoms with E-state index in [-0.39, 0.29) is 12.2 Å². The van der Waals surface area contributed by atoms with Gasteiger partial charge in [0.2, 0.25) is 17.7 Å². The van der Waals surface area contributed by atoms with E-state index in [1.165, 1.54) is 6.26 Å². The number of carbonyl (C=O) groups excluding carboxylic acids is 4. The fraction of sp³-hybridized carbons (Fsp3) is 0.167. The van der Waals surface area contributed by atoms with E-state index in [4.69, 9.17) is 4.42 Å². The molecule has 2 N–H and O–H groups in total. The molecule has 0 spiro atoms. The summed E-state index contributed by atoms with van der Waals surface area (Å²) >= 11 is 0. The number of nitrogens with one attached hydrogen (secondary N) is 2. The second-order valence-corrected chi connectivity index (χ2v) is 7.61. The highest BCUT2D eigenvalue weighted by atomic mass is 16.3. The number of hydrogen-bond acceptors (Lipinski definition) is 5. The van der Waals surface area contributed by atoms with Crippen LogP contribution in [-0.4, -0.2) is 23.6 Å². The van der Waals surface area contributed by atoms with Crippen molar-refractivity contribution < 1.29 is 23.6 Å². The lowest BCUT2D eigenvalue weighted by Gasteiger charge is -2.18. The minimum Gasteiger partial charge on any atom is -0.459 e. The lowest BCUT2D eigenvalue weighted by atomic mass is 10.1. The maximum Gasteiger partial charge on any atom is 0.291 e. The van der Waals surface area contributed by atoms with Crippen LogP contribution in [0.3, 0.4) is 0 Å². The van der Waals surface area contributed by atoms with E-state index >= 15 is 0 Å². The van der Waals surface area contributed by atoms with Crippen LogP contribution in [0.2, 0.25) is 0 Å². The zero-order chi connectivity index (χ0) is 22.8. The number of rotatable bonds is 5. The molecule has 0 saturated carbocycles. The maximum absolute atomic E-state index is 12.9. The molecule has 1 fully saturated rings. The normalized spacial score (nSPS) is 15.7. The maximum atomic E-state index is 12.9. The summed E-state index contributed by atoms with van der Waals surface area (Å²) in [7, 11) is 0. The summed E-state index contributed by atoms with van der Waals surface area (Å²) < 4.78 is 5.04. The summed E-state index contributed by atoms with van der Waals surface area (Å²) in [5.41, 5.74) is 3.16. The third kappa shape index (κ3) is 4.15. The van der Waals surface area contributed by atoms with Crippen molar-refractivity contribution in [3.05, 3.63) is 77.7 Å². The van der Waals surface area contributed by atoms with Gasteiger partial charge in [-0.05, 0) is 67.4 Å². The predicted molar refractivity (Wildman–Crippen MR) is 118 cm³/mol. The third-order valence-electron chi connectivity index (χ3n) is 5.22. The molecule has 0 aliphatic carbocycles. The van der Waals surface area contributed by atoms with Gasteiger partial charge in [-0.15, -0.1) is 0 Å². The number of amides is 4. The first-order chi connectivity index (χ1) is 15.3. The number of carbonyl (C=O) groups is 4. The molecule has 8 nitrogen and oxygen atoms in total. The van der Waals surface area contributed by atoms with Crippen LogP contribution in [0, 0.1) is 19.8 Å². The quantitative estimate of drug-likeness (QED) is 0.473. The molecular weight excluding hydrogens is 410 g/mol. The van der Waals surface area contributed by atoms with Gasteiger partial charge in [0.15, 0.2) is 5.76 Å². The van der Waals surface area contributed by atoms with Gasteiger partial charge in [-0.25, -0.2) is 4.90 Å². The summed E-state index contributed by atoms with van der Waals surface area (Å²) in [6.45, 7) is 3.69. The molecule has 1 unspecified atom stereocenters. The van der Waals surface area contributed by atoms with Gasteiger partial charge in [0.05, 0.1) is 12.0 Å². The Morgan fingerprint density at radius 3 is 2.31 bits per heavy atom. The third-order valence-corrected chi connectivity index (χ3v) is 5.22. The topological polar surface area (TPSA) is 109 Å². The fourth-order valence-corrected chi connectivity index (χ4v) is 3.52. The van der Waals surface area contributed by atoms with Gasteiger partial charge in [0, 0.05) is 17.8 Å². The van der Waals surface area contributed by atoms with Crippen LogP contribution in [0.4, 0.5) is 17.1 Å². The number of benzene rings is 2. The number of aryl methyl sites for hydroxylation is 2. The molecule has 162 valence electrons. The average Bonchev–Trinajstić information content (AvgIpc) is 3.40. The van der Waals surface area contributed by atoms with E-state index in [1.807, 2.05) is 26.0 Å². The molecule has 1 aliphatic rings. The van der Waals surface area contributed by atoms with E-state index in [2.05, 4.69) is 10.6 Å². The molecule has 3 aromatic rings. The van der Waals surface area contributed by atoms with Crippen LogP contribution in [0.1, 0.15) is 28.1 Å². The molecule has 1 aromatic heterocycles. The van der Waals surface area contributed by atoms with Crippen molar-refractivity contribution in [2.45, 2.75) is 20.3 Å². The van der Waals surface area contributed by atoms with E-state index in [1.54, 1.807) is 42.5 Å². The molecule has 2 heterocycles. The summed E-state index contributed by atoms with van der Waals surface area (Å²) in [5.74, 6) is -2.80. The first kappa shape index (κ1) is 21.0. The Morgan fingerprint density at radius 1 is 0.969 bits per heavy atom. The minimum absolute atomic E-state index is 0.181. The molecule has 0 bridgehead atoms. The monoisotopic (exact) mass is 431 g/mol. The SMILES string of the molecule is Cc1ccc(C)c(N2C(=O)CC(C(=O)Nc3ccc(NC(=O)c4ccco4)cc3)C2=O)c1. The van der Waals surface area contributed by atoms with Crippen LogP contribution in [0.25, 0.3) is 0 Å². The van der Waals surface area contributed by atoms with E-state index in [0.717, 1.165) is 16.0 Å². The highest BCUT2D eigenvalue weighted by molar-refractivity contribution is 6.28. The van der Waals surface area contributed by atoms with Crippen LogP contribution >= 0.6 is 0 Å². The van der Waals surface area contributed by atoms with Gasteiger partial charge >= 0.3 is 0 Å². The molecular formula is C24H21N3O5. The van der Waals surface area contributed by atoms with Crippen molar-refractivity contribution >= 4 is 40.7 Å². The number of imide groups is 1. The minimum atomic E-state index is -1.10. The van der Waals surface area contributed by atoms with Gasteiger partial charge in [-0.2, -0.15) is 0 Å². The number of furan rings is 1. The van der Waals surface area contributed by atoms with Crippen molar-refractivity contribution in [3.8, 4) is 0 Å². The van der Waals surface area contributed by atoms with Crippen molar-refractivity contribution in [1.29, 1.82) is 0 Å². The molecule has 1 aliphatic heterocycles. The Bertz CT molecular complexity index is 1200. The highest BCUT2D eigenvalue weighted by Crippen LogP contribution is 2.30. The summed E-state index contributed by atoms with van der Waals surface area (Å²) in [6.07, 6.45) is 1.22.